The number of anilines is 1. The molecule has 0 aliphatic rings. The van der Waals surface area contributed by atoms with Gasteiger partial charge in [0.2, 0.25) is 5.91 Å². The summed E-state index contributed by atoms with van der Waals surface area (Å²) >= 11 is 0. The first-order chi connectivity index (χ1) is 11.8. The highest BCUT2D eigenvalue weighted by Gasteiger charge is 2.30. The predicted octanol–water partition coefficient (Wildman–Crippen LogP) is 3.71. The van der Waals surface area contributed by atoms with Crippen molar-refractivity contribution in [1.29, 1.82) is 0 Å². The molecule has 0 heterocycles. The van der Waals surface area contributed by atoms with Crippen molar-refractivity contribution in [2.24, 2.45) is 0 Å². The third-order valence-corrected chi connectivity index (χ3v) is 3.89. The number of carbonyl (C=O) groups excluding carboxylic acids is 1. The van der Waals surface area contributed by atoms with E-state index in [0.717, 1.165) is 16.5 Å². The predicted molar refractivity (Wildman–Crippen MR) is 90.4 cm³/mol. The smallest absolute Gasteiger partial charge is 0.326 e. The molecule has 0 saturated heterocycles. The first-order valence-electron chi connectivity index (χ1n) is 7.89. The van der Waals surface area contributed by atoms with E-state index in [1.54, 1.807) is 25.1 Å². The van der Waals surface area contributed by atoms with E-state index in [4.69, 9.17) is 0 Å². The SMILES string of the molecule is CCC(C(=O)O)N(C(=O)Cc1ccc(F)cc1F)c1cccc(C)c1. The number of aliphatic carboxylic acids is 1. The van der Waals surface area contributed by atoms with Gasteiger partial charge >= 0.3 is 5.97 Å². The molecule has 4 nitrogen and oxygen atoms in total. The van der Waals surface area contributed by atoms with Crippen molar-refractivity contribution in [2.75, 3.05) is 4.90 Å². The summed E-state index contributed by atoms with van der Waals surface area (Å²) in [4.78, 5) is 25.5. The summed E-state index contributed by atoms with van der Waals surface area (Å²) in [6, 6.07) is 8.77. The van der Waals surface area contributed by atoms with Crippen LogP contribution in [0.3, 0.4) is 0 Å². The van der Waals surface area contributed by atoms with Gasteiger partial charge in [-0.2, -0.15) is 0 Å². The first kappa shape index (κ1) is 18.6. The van der Waals surface area contributed by atoms with Crippen molar-refractivity contribution in [1.82, 2.24) is 0 Å². The molecule has 0 aliphatic heterocycles. The fourth-order valence-corrected chi connectivity index (χ4v) is 2.66. The van der Waals surface area contributed by atoms with Gasteiger partial charge < -0.3 is 5.11 Å². The van der Waals surface area contributed by atoms with Gasteiger partial charge in [0, 0.05) is 11.8 Å². The van der Waals surface area contributed by atoms with E-state index in [1.165, 1.54) is 6.07 Å². The number of hydrogen-bond donors (Lipinski definition) is 1. The third kappa shape index (κ3) is 4.41. The minimum absolute atomic E-state index is 0.0179. The molecule has 1 N–H and O–H groups in total. The Kier molecular flexibility index (Phi) is 5.85. The van der Waals surface area contributed by atoms with Crippen molar-refractivity contribution in [3.8, 4) is 0 Å². The Balaban J connectivity index is 2.40. The third-order valence-electron chi connectivity index (χ3n) is 3.89. The summed E-state index contributed by atoms with van der Waals surface area (Å²) in [7, 11) is 0. The fraction of sp³-hybridized carbons (Fsp3) is 0.263. The maximum absolute atomic E-state index is 13.9. The van der Waals surface area contributed by atoms with Crippen LogP contribution in [0.15, 0.2) is 42.5 Å². The summed E-state index contributed by atoms with van der Waals surface area (Å²) in [5.41, 5.74) is 1.31. The van der Waals surface area contributed by atoms with Gasteiger partial charge in [-0.05, 0) is 42.7 Å². The van der Waals surface area contributed by atoms with Crippen LogP contribution >= 0.6 is 0 Å². The van der Waals surface area contributed by atoms with Crippen molar-refractivity contribution >= 4 is 17.6 Å². The molecule has 1 unspecified atom stereocenters. The second kappa shape index (κ2) is 7.88. The molecule has 1 amide bonds. The Bertz CT molecular complexity index is 792. The monoisotopic (exact) mass is 347 g/mol. The van der Waals surface area contributed by atoms with E-state index in [2.05, 4.69) is 0 Å². The molecular formula is C19H19F2NO3. The van der Waals surface area contributed by atoms with E-state index in [9.17, 15) is 23.5 Å². The van der Waals surface area contributed by atoms with Crippen molar-refractivity contribution in [3.05, 3.63) is 65.2 Å². The van der Waals surface area contributed by atoms with Crippen molar-refractivity contribution < 1.29 is 23.5 Å². The Labute approximate surface area is 144 Å². The molecule has 2 aromatic rings. The standard InChI is InChI=1S/C19H19F2NO3/c1-3-17(19(24)25)22(15-6-4-5-12(2)9-15)18(23)10-13-7-8-14(20)11-16(13)21/h4-9,11,17H,3,10H2,1-2H3,(H,24,25). The van der Waals surface area contributed by atoms with Gasteiger partial charge in [0.15, 0.2) is 0 Å². The topological polar surface area (TPSA) is 57.6 Å². The van der Waals surface area contributed by atoms with Crippen LogP contribution in [0.2, 0.25) is 0 Å². The highest BCUT2D eigenvalue weighted by Crippen LogP contribution is 2.22. The number of carboxylic acids is 1. The van der Waals surface area contributed by atoms with Gasteiger partial charge in [0.1, 0.15) is 17.7 Å². The lowest BCUT2D eigenvalue weighted by atomic mass is 10.1. The van der Waals surface area contributed by atoms with Gasteiger partial charge in [-0.3, -0.25) is 9.69 Å². The van der Waals surface area contributed by atoms with Crippen LogP contribution in [0.5, 0.6) is 0 Å². The summed E-state index contributed by atoms with van der Waals surface area (Å²) in [6.07, 6.45) is -0.162. The molecule has 132 valence electrons. The number of carboxylic acid groups (broad SMARTS) is 1. The van der Waals surface area contributed by atoms with Crippen LogP contribution in [-0.4, -0.2) is 23.0 Å². The molecule has 0 spiro atoms. The lowest BCUT2D eigenvalue weighted by Crippen LogP contribution is -2.46. The zero-order chi connectivity index (χ0) is 18.6. The van der Waals surface area contributed by atoms with Gasteiger partial charge in [0.05, 0.1) is 6.42 Å². The number of rotatable bonds is 6. The number of aryl methyl sites for hydroxylation is 1. The maximum Gasteiger partial charge on any atom is 0.326 e. The summed E-state index contributed by atoms with van der Waals surface area (Å²) < 4.78 is 26.9. The molecule has 25 heavy (non-hydrogen) atoms. The van der Waals surface area contributed by atoms with Crippen molar-refractivity contribution in [2.45, 2.75) is 32.7 Å². The van der Waals surface area contributed by atoms with Gasteiger partial charge in [-0.15, -0.1) is 0 Å². The molecule has 2 aromatic carbocycles. The lowest BCUT2D eigenvalue weighted by molar-refractivity contribution is -0.140. The van der Waals surface area contributed by atoms with E-state index >= 15 is 0 Å². The molecule has 0 fully saturated rings. The quantitative estimate of drug-likeness (QED) is 0.867. The average molecular weight is 347 g/mol. The largest absolute Gasteiger partial charge is 0.480 e. The van der Waals surface area contributed by atoms with Crippen LogP contribution in [0.1, 0.15) is 24.5 Å². The lowest BCUT2D eigenvalue weighted by Gasteiger charge is -2.29. The Hall–Kier alpha value is -2.76. The highest BCUT2D eigenvalue weighted by atomic mass is 19.1. The van der Waals surface area contributed by atoms with E-state index < -0.39 is 29.6 Å². The second-order valence-corrected chi connectivity index (χ2v) is 5.78. The number of halogens is 2. The van der Waals surface area contributed by atoms with Gasteiger partial charge in [-0.1, -0.05) is 25.1 Å². The zero-order valence-electron chi connectivity index (χ0n) is 14.0. The van der Waals surface area contributed by atoms with Crippen LogP contribution in [0.4, 0.5) is 14.5 Å². The maximum atomic E-state index is 13.9. The molecule has 1 atom stereocenters. The van der Waals surface area contributed by atoms with E-state index in [-0.39, 0.29) is 18.4 Å². The number of nitrogens with zero attached hydrogens (tertiary/aromatic N) is 1. The minimum Gasteiger partial charge on any atom is -0.480 e. The molecule has 0 saturated carbocycles. The van der Waals surface area contributed by atoms with Crippen LogP contribution < -0.4 is 4.90 Å². The normalized spacial score (nSPS) is 11.8. The number of amides is 1. The molecule has 0 bridgehead atoms. The van der Waals surface area contributed by atoms with Gasteiger partial charge in [-0.25, -0.2) is 13.6 Å². The van der Waals surface area contributed by atoms with Crippen molar-refractivity contribution in [3.63, 3.8) is 0 Å². The molecule has 0 aromatic heterocycles. The summed E-state index contributed by atoms with van der Waals surface area (Å²) in [5.74, 6) is -3.27. The molecule has 0 radical (unpaired) electrons. The average Bonchev–Trinajstić information content (AvgIpc) is 2.54. The number of benzene rings is 2. The van der Waals surface area contributed by atoms with E-state index in [0.29, 0.717) is 11.8 Å². The Morgan fingerprint density at radius 1 is 1.16 bits per heavy atom. The molecular weight excluding hydrogens is 328 g/mol. The molecule has 0 aliphatic carbocycles. The Morgan fingerprint density at radius 2 is 1.88 bits per heavy atom. The summed E-state index contributed by atoms with van der Waals surface area (Å²) in [5, 5.41) is 9.46. The number of carbonyl (C=O) groups is 2. The Morgan fingerprint density at radius 3 is 2.44 bits per heavy atom. The van der Waals surface area contributed by atoms with Crippen LogP contribution in [-0.2, 0) is 16.0 Å². The fourth-order valence-electron chi connectivity index (χ4n) is 2.66. The molecule has 2 rings (SSSR count). The summed E-state index contributed by atoms with van der Waals surface area (Å²) in [6.45, 7) is 3.49. The number of hydrogen-bond acceptors (Lipinski definition) is 2. The minimum atomic E-state index is -1.14. The van der Waals surface area contributed by atoms with Gasteiger partial charge in [0.25, 0.3) is 0 Å². The second-order valence-electron chi connectivity index (χ2n) is 5.78. The van der Waals surface area contributed by atoms with Crippen LogP contribution in [0, 0.1) is 18.6 Å². The molecule has 6 heteroatoms. The highest BCUT2D eigenvalue weighted by molar-refractivity contribution is 6.00. The van der Waals surface area contributed by atoms with Crippen LogP contribution in [0.25, 0.3) is 0 Å². The first-order valence-corrected chi connectivity index (χ1v) is 7.89. The van der Waals surface area contributed by atoms with E-state index in [1.807, 2.05) is 13.0 Å². The zero-order valence-corrected chi connectivity index (χ0v) is 14.0.